The molecular formula is C13H13BrN4O4. The number of hydrogen-bond acceptors (Lipinski definition) is 5. The summed E-state index contributed by atoms with van der Waals surface area (Å²) >= 11 is 3.28. The molecule has 0 spiro atoms. The van der Waals surface area contributed by atoms with Gasteiger partial charge < -0.3 is 10.1 Å². The molecular weight excluding hydrogens is 356 g/mol. The molecule has 116 valence electrons. The third-order valence-electron chi connectivity index (χ3n) is 2.87. The van der Waals surface area contributed by atoms with Crippen LogP contribution in [0.15, 0.2) is 35.1 Å². The normalized spacial score (nSPS) is 10.3. The largest absolute Gasteiger partial charge is 0.490 e. The van der Waals surface area contributed by atoms with Crippen LogP contribution in [-0.4, -0.2) is 34.3 Å². The van der Waals surface area contributed by atoms with Gasteiger partial charge in [-0.2, -0.15) is 5.10 Å². The number of halogens is 1. The molecule has 0 aliphatic carbocycles. The molecule has 0 unspecified atom stereocenters. The number of carbonyl (C=O) groups excluding carboxylic acids is 1. The van der Waals surface area contributed by atoms with Crippen molar-refractivity contribution in [3.8, 4) is 5.75 Å². The van der Waals surface area contributed by atoms with Crippen molar-refractivity contribution in [1.82, 2.24) is 15.1 Å². The number of nitrogens with one attached hydrogen (secondary N) is 1. The molecule has 0 aliphatic rings. The monoisotopic (exact) mass is 368 g/mol. The number of rotatable bonds is 6. The Morgan fingerprint density at radius 2 is 2.32 bits per heavy atom. The third kappa shape index (κ3) is 3.82. The van der Waals surface area contributed by atoms with E-state index in [1.165, 1.54) is 25.3 Å². The fourth-order valence-corrected chi connectivity index (χ4v) is 2.15. The lowest BCUT2D eigenvalue weighted by atomic mass is 10.1. The molecule has 1 aromatic carbocycles. The van der Waals surface area contributed by atoms with Crippen molar-refractivity contribution in [1.29, 1.82) is 0 Å². The number of nitro groups is 1. The summed E-state index contributed by atoms with van der Waals surface area (Å²) in [6.45, 7) is 0.850. The van der Waals surface area contributed by atoms with E-state index >= 15 is 0 Å². The minimum Gasteiger partial charge on any atom is -0.490 e. The van der Waals surface area contributed by atoms with Crippen LogP contribution >= 0.6 is 15.9 Å². The second kappa shape index (κ2) is 7.03. The van der Waals surface area contributed by atoms with Crippen LogP contribution < -0.4 is 10.1 Å². The highest BCUT2D eigenvalue weighted by Gasteiger charge is 2.17. The first-order valence-electron chi connectivity index (χ1n) is 6.30. The van der Waals surface area contributed by atoms with E-state index in [2.05, 4.69) is 26.3 Å². The van der Waals surface area contributed by atoms with Crippen molar-refractivity contribution < 1.29 is 14.5 Å². The smallest absolute Gasteiger partial charge is 0.311 e. The highest BCUT2D eigenvalue weighted by atomic mass is 79.9. The maximum atomic E-state index is 12.0. The standard InChI is InChI=1S/C13H13BrN4O4/c1-22-12-3-2-9(6-11(12)18(20)21)13(19)15-4-5-17-8-10(14)7-16-17/h2-3,6-8H,4-5H2,1H3,(H,15,19). The van der Waals surface area contributed by atoms with Crippen molar-refractivity contribution in [2.45, 2.75) is 6.54 Å². The van der Waals surface area contributed by atoms with Crippen molar-refractivity contribution in [2.75, 3.05) is 13.7 Å². The van der Waals surface area contributed by atoms with Gasteiger partial charge in [0.05, 0.1) is 29.2 Å². The van der Waals surface area contributed by atoms with Gasteiger partial charge in [-0.3, -0.25) is 19.6 Å². The number of ether oxygens (including phenoxy) is 1. The first-order chi connectivity index (χ1) is 10.5. The maximum Gasteiger partial charge on any atom is 0.311 e. The topological polar surface area (TPSA) is 99.3 Å². The number of nitro benzene ring substituents is 1. The number of carbonyl (C=O) groups is 1. The lowest BCUT2D eigenvalue weighted by Gasteiger charge is -2.07. The Hall–Kier alpha value is -2.42. The predicted octanol–water partition coefficient (Wildman–Crippen LogP) is 1.99. The molecule has 8 nitrogen and oxygen atoms in total. The van der Waals surface area contributed by atoms with E-state index in [1.807, 2.05) is 0 Å². The molecule has 22 heavy (non-hydrogen) atoms. The summed E-state index contributed by atoms with van der Waals surface area (Å²) in [6.07, 6.45) is 3.43. The number of methoxy groups -OCH3 is 1. The Morgan fingerprint density at radius 3 is 2.91 bits per heavy atom. The quantitative estimate of drug-likeness (QED) is 0.620. The van der Waals surface area contributed by atoms with E-state index in [9.17, 15) is 14.9 Å². The fourth-order valence-electron chi connectivity index (χ4n) is 1.82. The molecule has 0 bridgehead atoms. The summed E-state index contributed by atoms with van der Waals surface area (Å²) in [5.41, 5.74) is -0.0414. The Kier molecular flexibility index (Phi) is 5.10. The maximum absolute atomic E-state index is 12.0. The molecule has 1 heterocycles. The lowest BCUT2D eigenvalue weighted by Crippen LogP contribution is -2.27. The van der Waals surface area contributed by atoms with Crippen LogP contribution in [0.5, 0.6) is 5.75 Å². The van der Waals surface area contributed by atoms with Gasteiger partial charge >= 0.3 is 5.69 Å². The van der Waals surface area contributed by atoms with E-state index in [0.29, 0.717) is 13.1 Å². The van der Waals surface area contributed by atoms with Gasteiger partial charge in [-0.05, 0) is 28.1 Å². The van der Waals surface area contributed by atoms with Crippen LogP contribution in [0.25, 0.3) is 0 Å². The minimum absolute atomic E-state index is 0.114. The van der Waals surface area contributed by atoms with E-state index in [4.69, 9.17) is 4.74 Å². The first-order valence-corrected chi connectivity index (χ1v) is 7.09. The van der Waals surface area contributed by atoms with Crippen LogP contribution in [0.2, 0.25) is 0 Å². The molecule has 1 N–H and O–H groups in total. The summed E-state index contributed by atoms with van der Waals surface area (Å²) < 4.78 is 7.41. The second-order valence-corrected chi connectivity index (χ2v) is 5.24. The molecule has 0 aliphatic heterocycles. The summed E-state index contributed by atoms with van der Waals surface area (Å²) in [5, 5.41) is 17.7. The molecule has 2 rings (SSSR count). The lowest BCUT2D eigenvalue weighted by molar-refractivity contribution is -0.385. The molecule has 2 aromatic rings. The van der Waals surface area contributed by atoms with E-state index in [-0.39, 0.29) is 17.0 Å². The van der Waals surface area contributed by atoms with Gasteiger partial charge in [-0.1, -0.05) is 0 Å². The predicted molar refractivity (Wildman–Crippen MR) is 81.9 cm³/mol. The van der Waals surface area contributed by atoms with Crippen molar-refractivity contribution >= 4 is 27.5 Å². The van der Waals surface area contributed by atoms with E-state index in [0.717, 1.165) is 4.47 Å². The average molecular weight is 369 g/mol. The van der Waals surface area contributed by atoms with Gasteiger partial charge in [-0.15, -0.1) is 0 Å². The zero-order valence-corrected chi connectivity index (χ0v) is 13.2. The summed E-state index contributed by atoms with van der Waals surface area (Å²) in [7, 11) is 1.34. The first kappa shape index (κ1) is 16.0. The molecule has 0 saturated heterocycles. The van der Waals surface area contributed by atoms with Gasteiger partial charge in [-0.25, -0.2) is 0 Å². The third-order valence-corrected chi connectivity index (χ3v) is 3.28. The average Bonchev–Trinajstić information content (AvgIpc) is 2.91. The van der Waals surface area contributed by atoms with Gasteiger partial charge in [0.15, 0.2) is 5.75 Å². The zero-order valence-electron chi connectivity index (χ0n) is 11.7. The molecule has 9 heteroatoms. The van der Waals surface area contributed by atoms with Crippen LogP contribution in [-0.2, 0) is 6.54 Å². The molecule has 0 fully saturated rings. The van der Waals surface area contributed by atoms with Crippen LogP contribution in [0, 0.1) is 10.1 Å². The summed E-state index contributed by atoms with van der Waals surface area (Å²) in [5.74, 6) is -0.278. The number of benzene rings is 1. The molecule has 0 saturated carbocycles. The molecule has 1 aromatic heterocycles. The number of hydrogen-bond donors (Lipinski definition) is 1. The Bertz CT molecular complexity index is 701. The van der Waals surface area contributed by atoms with Gasteiger partial charge in [0.2, 0.25) is 0 Å². The summed E-state index contributed by atoms with van der Waals surface area (Å²) in [6, 6.07) is 4.07. The second-order valence-electron chi connectivity index (χ2n) is 4.32. The Morgan fingerprint density at radius 1 is 1.55 bits per heavy atom. The van der Waals surface area contributed by atoms with Gasteiger partial charge in [0.25, 0.3) is 5.91 Å². The minimum atomic E-state index is -0.586. The molecule has 1 amide bonds. The fraction of sp³-hybridized carbons (Fsp3) is 0.231. The highest BCUT2D eigenvalue weighted by molar-refractivity contribution is 9.10. The molecule has 0 atom stereocenters. The number of aromatic nitrogens is 2. The Labute approximate surface area is 134 Å². The van der Waals surface area contributed by atoms with Crippen LogP contribution in [0.3, 0.4) is 0 Å². The van der Waals surface area contributed by atoms with Crippen LogP contribution in [0.1, 0.15) is 10.4 Å². The van der Waals surface area contributed by atoms with Gasteiger partial charge in [0.1, 0.15) is 0 Å². The van der Waals surface area contributed by atoms with Crippen molar-refractivity contribution in [2.24, 2.45) is 0 Å². The van der Waals surface area contributed by atoms with Crippen LogP contribution in [0.4, 0.5) is 5.69 Å². The number of nitrogens with zero attached hydrogens (tertiary/aromatic N) is 3. The SMILES string of the molecule is COc1ccc(C(=O)NCCn2cc(Br)cn2)cc1[N+](=O)[O-]. The zero-order chi connectivity index (χ0) is 16.1. The van der Waals surface area contributed by atoms with E-state index < -0.39 is 10.8 Å². The van der Waals surface area contributed by atoms with Gasteiger partial charge in [0, 0.05) is 24.4 Å². The van der Waals surface area contributed by atoms with E-state index in [1.54, 1.807) is 17.1 Å². The summed E-state index contributed by atoms with van der Waals surface area (Å²) in [4.78, 5) is 22.3. The highest BCUT2D eigenvalue weighted by Crippen LogP contribution is 2.27. The van der Waals surface area contributed by atoms with Crippen molar-refractivity contribution in [3.05, 3.63) is 50.7 Å². The number of amides is 1. The van der Waals surface area contributed by atoms with Crippen molar-refractivity contribution in [3.63, 3.8) is 0 Å². The molecule has 0 radical (unpaired) electrons. The Balaban J connectivity index is 2.00.